The molecular weight excluding hydrogens is 944 g/mol. The molecule has 0 saturated heterocycles. The zero-order chi connectivity index (χ0) is 39.4. The van der Waals surface area contributed by atoms with Gasteiger partial charge in [-0.25, -0.2) is 0 Å². The molecule has 0 radical (unpaired) electrons. The van der Waals surface area contributed by atoms with Gasteiger partial charge < -0.3 is 0 Å². The summed E-state index contributed by atoms with van der Waals surface area (Å²) in [5, 5.41) is 0.953. The van der Waals surface area contributed by atoms with Gasteiger partial charge in [0, 0.05) is 0 Å². The van der Waals surface area contributed by atoms with Crippen LogP contribution >= 0.6 is 21.4 Å². The van der Waals surface area contributed by atoms with Gasteiger partial charge in [-0.3, -0.25) is 0 Å². The van der Waals surface area contributed by atoms with Crippen molar-refractivity contribution in [2.75, 3.05) is 26.7 Å². The molecule has 0 aromatic heterocycles. The Kier molecular flexibility index (Phi) is 11.8. The minimum absolute atomic E-state index is 1.58. The van der Waals surface area contributed by atoms with Crippen molar-refractivity contribution in [3.05, 3.63) is 243 Å². The molecule has 0 amide bonds. The van der Waals surface area contributed by atoms with E-state index in [0.717, 1.165) is 0 Å². The van der Waals surface area contributed by atoms with Gasteiger partial charge in [0.2, 0.25) is 0 Å². The molecule has 57 heavy (non-hydrogen) atoms. The molecule has 0 aliphatic carbocycles. The number of rotatable bonds is 12. The second-order valence-corrected chi connectivity index (χ2v) is 89.1. The molecule has 294 valence electrons. The van der Waals surface area contributed by atoms with E-state index in [4.69, 9.17) is 0 Å². The summed E-state index contributed by atoms with van der Waals surface area (Å²) < 4.78 is 0. The molecule has 0 aliphatic rings. The summed E-state index contributed by atoms with van der Waals surface area (Å²) in [6, 6.07) is 96.2. The molecule has 0 unspecified atom stereocenters. The SMILES string of the molecule is C[PH](c1ccccc1)(c1ccccc1)[Pt]([PH](C)(c1ccccc1)c1ccccc1)([PH](C)(c1ccccc1)c1ccccc1)[PH](C)(c1ccccc1)c1ccccc1. The van der Waals surface area contributed by atoms with E-state index in [0.29, 0.717) is 0 Å². The van der Waals surface area contributed by atoms with Gasteiger partial charge in [0.1, 0.15) is 0 Å². The monoisotopic (exact) mass is 999 g/mol. The summed E-state index contributed by atoms with van der Waals surface area (Å²) in [5.41, 5.74) is 0. The third-order valence-electron chi connectivity index (χ3n) is 12.3. The molecule has 0 aliphatic heterocycles. The average molecular weight is 1000 g/mol. The van der Waals surface area contributed by atoms with Crippen molar-refractivity contribution in [3.8, 4) is 0 Å². The van der Waals surface area contributed by atoms with Crippen molar-refractivity contribution < 1.29 is 14.0 Å². The zero-order valence-electron chi connectivity index (χ0n) is 33.4. The topological polar surface area (TPSA) is 0 Å². The molecule has 0 spiro atoms. The van der Waals surface area contributed by atoms with Crippen LogP contribution in [0.2, 0.25) is 0 Å². The Balaban J connectivity index is 1.81. The van der Waals surface area contributed by atoms with Crippen molar-refractivity contribution in [2.45, 2.75) is 0 Å². The van der Waals surface area contributed by atoms with E-state index in [1.807, 2.05) is 0 Å². The Labute approximate surface area is 344 Å². The van der Waals surface area contributed by atoms with Crippen molar-refractivity contribution in [2.24, 2.45) is 0 Å². The van der Waals surface area contributed by atoms with E-state index >= 15 is 0 Å². The molecule has 0 N–H and O–H groups in total. The van der Waals surface area contributed by atoms with Gasteiger partial charge >= 0.3 is 347 Å². The van der Waals surface area contributed by atoms with Crippen LogP contribution in [0, 0.1) is 0 Å². The molecular formula is C52H56P4Pt. The van der Waals surface area contributed by atoms with Crippen LogP contribution in [0.1, 0.15) is 0 Å². The van der Waals surface area contributed by atoms with Crippen LogP contribution in [0.15, 0.2) is 243 Å². The van der Waals surface area contributed by atoms with Crippen LogP contribution < -0.4 is 42.4 Å². The van der Waals surface area contributed by atoms with Crippen molar-refractivity contribution >= 4 is 63.9 Å². The maximum absolute atomic E-state index is 4.05. The van der Waals surface area contributed by atoms with E-state index < -0.39 is 35.4 Å². The molecule has 0 bridgehead atoms. The molecule has 0 atom stereocenters. The van der Waals surface area contributed by atoms with Crippen LogP contribution in [0.25, 0.3) is 0 Å². The molecule has 0 nitrogen and oxygen atoms in total. The molecule has 8 aromatic rings. The standard InChI is InChI=1S/4C13H13P.Pt/c4*1-14(12-8-4-2-5-9-12)13-10-6-3-7-11-13;/h4*2-11H,1H3;/q;;;;-4/p+4. The molecule has 8 rings (SSSR count). The second-order valence-electron chi connectivity index (χ2n) is 15.2. The fraction of sp³-hybridized carbons (Fsp3) is 0.0769. The van der Waals surface area contributed by atoms with Crippen molar-refractivity contribution in [3.63, 3.8) is 0 Å². The Morgan fingerprint density at radius 1 is 0.193 bits per heavy atom. The van der Waals surface area contributed by atoms with E-state index in [1.54, 1.807) is 42.4 Å². The summed E-state index contributed by atoms with van der Waals surface area (Å²) in [5.74, 6) is 0. The van der Waals surface area contributed by atoms with Gasteiger partial charge in [-0.1, -0.05) is 0 Å². The summed E-state index contributed by atoms with van der Waals surface area (Å²) in [6.07, 6.45) is 0. The fourth-order valence-corrected chi connectivity index (χ4v) is 244. The Hall–Kier alpha value is -3.83. The predicted octanol–water partition coefficient (Wildman–Crippen LogP) is 9.92. The molecule has 5 heteroatoms. The Morgan fingerprint density at radius 2 is 0.298 bits per heavy atom. The number of hydrogen-bond donors (Lipinski definition) is 0. The van der Waals surface area contributed by atoms with Crippen molar-refractivity contribution in [1.29, 1.82) is 0 Å². The van der Waals surface area contributed by atoms with Crippen LogP contribution in [-0.4, -0.2) is 26.7 Å². The van der Waals surface area contributed by atoms with Crippen LogP contribution in [-0.2, 0) is 14.0 Å². The van der Waals surface area contributed by atoms with Gasteiger partial charge in [-0.15, -0.1) is 0 Å². The maximum atomic E-state index is 2.89. The van der Waals surface area contributed by atoms with Crippen LogP contribution in [0.5, 0.6) is 0 Å². The first-order valence-corrected chi connectivity index (χ1v) is 42.8. The summed E-state index contributed by atoms with van der Waals surface area (Å²) >= 11 is -4.05. The fourth-order valence-electron chi connectivity index (χ4n) is 9.59. The van der Waals surface area contributed by atoms with Gasteiger partial charge in [-0.05, 0) is 0 Å². The summed E-state index contributed by atoms with van der Waals surface area (Å²) in [4.78, 5) is 0. The molecule has 0 saturated carbocycles. The van der Waals surface area contributed by atoms with Crippen LogP contribution in [0.3, 0.4) is 0 Å². The first-order chi connectivity index (χ1) is 27.8. The van der Waals surface area contributed by atoms with E-state index in [-0.39, 0.29) is 0 Å². The van der Waals surface area contributed by atoms with E-state index in [2.05, 4.69) is 269 Å². The quantitative estimate of drug-likeness (QED) is 0.107. The number of hydrogen-bond acceptors (Lipinski definition) is 0. The Morgan fingerprint density at radius 3 is 0.404 bits per heavy atom. The minimum atomic E-state index is -4.05. The van der Waals surface area contributed by atoms with Crippen LogP contribution in [0.4, 0.5) is 0 Å². The van der Waals surface area contributed by atoms with Gasteiger partial charge in [0.15, 0.2) is 0 Å². The first-order valence-electron chi connectivity index (χ1n) is 19.9. The van der Waals surface area contributed by atoms with E-state index in [9.17, 15) is 0 Å². The Bertz CT molecular complexity index is 1970. The summed E-state index contributed by atoms with van der Waals surface area (Å²) in [7, 11) is 0. The number of benzene rings is 8. The molecule has 0 fully saturated rings. The predicted molar refractivity (Wildman–Crippen MR) is 266 cm³/mol. The molecule has 0 heterocycles. The molecule has 8 aromatic carbocycles. The average Bonchev–Trinajstić information content (AvgIpc) is 3.31. The van der Waals surface area contributed by atoms with E-state index in [1.165, 1.54) is 0 Å². The van der Waals surface area contributed by atoms with Gasteiger partial charge in [0.05, 0.1) is 0 Å². The normalized spacial score (nSPS) is 15.1. The van der Waals surface area contributed by atoms with Gasteiger partial charge in [0.25, 0.3) is 0 Å². The van der Waals surface area contributed by atoms with Gasteiger partial charge in [-0.2, -0.15) is 0 Å². The third kappa shape index (κ3) is 6.32. The second kappa shape index (κ2) is 16.8. The third-order valence-corrected chi connectivity index (χ3v) is 177. The van der Waals surface area contributed by atoms with Crippen molar-refractivity contribution in [1.82, 2.24) is 0 Å². The first kappa shape index (κ1) is 40.0. The zero-order valence-corrected chi connectivity index (χ0v) is 39.7. The summed E-state index contributed by atoms with van der Waals surface area (Å²) in [6.45, 7) is 11.6.